The topological polar surface area (TPSA) is 15.3 Å². The molecule has 0 spiro atoms. The molecule has 2 aromatic rings. The second kappa shape index (κ2) is 6.35. The highest BCUT2D eigenvalue weighted by molar-refractivity contribution is 7.99. The van der Waals surface area contributed by atoms with E-state index in [4.69, 9.17) is 0 Å². The zero-order chi connectivity index (χ0) is 14.8. The minimum absolute atomic E-state index is 0.683. The number of anilines is 2. The molecule has 0 radical (unpaired) electrons. The van der Waals surface area contributed by atoms with Crippen molar-refractivity contribution in [3.8, 4) is 0 Å². The summed E-state index contributed by atoms with van der Waals surface area (Å²) in [6, 6.07) is 18.3. The first-order valence-corrected chi connectivity index (χ1v) is 9.10. The Balaban J connectivity index is 1.60. The number of piperidine rings is 1. The second-order valence-corrected chi connectivity index (χ2v) is 7.21. The predicted molar refractivity (Wildman–Crippen MR) is 94.3 cm³/mol. The zero-order valence-electron chi connectivity index (χ0n) is 12.8. The maximum Gasteiger partial charge on any atom is 0.0552 e. The van der Waals surface area contributed by atoms with Crippen LogP contribution in [0.15, 0.2) is 58.3 Å². The van der Waals surface area contributed by atoms with E-state index in [1.165, 1.54) is 53.4 Å². The van der Waals surface area contributed by atoms with Crippen LogP contribution in [-0.4, -0.2) is 19.1 Å². The monoisotopic (exact) mass is 310 g/mol. The maximum absolute atomic E-state index is 3.67. The fourth-order valence-corrected chi connectivity index (χ4v) is 4.57. The largest absolute Gasteiger partial charge is 0.340 e. The fourth-order valence-electron chi connectivity index (χ4n) is 3.48. The lowest BCUT2D eigenvalue weighted by Gasteiger charge is -2.34. The van der Waals surface area contributed by atoms with Gasteiger partial charge in [0.25, 0.3) is 0 Å². The number of fused-ring (bicyclic) bond motifs is 2. The van der Waals surface area contributed by atoms with Crippen molar-refractivity contribution < 1.29 is 0 Å². The highest BCUT2D eigenvalue weighted by Crippen LogP contribution is 2.47. The molecule has 4 rings (SSSR count). The SMILES string of the molecule is c1ccc2c(c1)Sc1ccccc1N2CCC1CCCCN1. The Hall–Kier alpha value is -1.45. The lowest BCUT2D eigenvalue weighted by molar-refractivity contribution is 0.385. The maximum atomic E-state index is 3.67. The molecule has 2 aromatic carbocycles. The Morgan fingerprint density at radius 3 is 2.27 bits per heavy atom. The van der Waals surface area contributed by atoms with Gasteiger partial charge in [-0.2, -0.15) is 0 Å². The standard InChI is InChI=1S/C19H22N2S/c1-3-10-18-16(8-1)21(14-12-15-7-5-6-13-20-15)17-9-2-4-11-19(17)22-18/h1-4,8-11,15,20H,5-7,12-14H2. The molecule has 0 saturated carbocycles. The summed E-state index contributed by atoms with van der Waals surface area (Å²) in [6.07, 6.45) is 5.25. The van der Waals surface area contributed by atoms with Crippen LogP contribution in [0.25, 0.3) is 0 Å². The minimum Gasteiger partial charge on any atom is -0.340 e. The lowest BCUT2D eigenvalue weighted by Crippen LogP contribution is -2.37. The molecular weight excluding hydrogens is 288 g/mol. The van der Waals surface area contributed by atoms with Crippen LogP contribution in [-0.2, 0) is 0 Å². The average Bonchev–Trinajstić information content (AvgIpc) is 2.59. The van der Waals surface area contributed by atoms with E-state index in [1.54, 1.807) is 0 Å². The molecule has 0 amide bonds. The molecule has 1 atom stereocenters. The summed E-state index contributed by atoms with van der Waals surface area (Å²) in [5.41, 5.74) is 2.73. The number of nitrogens with one attached hydrogen (secondary N) is 1. The second-order valence-electron chi connectivity index (χ2n) is 6.12. The molecule has 0 aliphatic carbocycles. The molecule has 2 aliphatic rings. The first-order valence-electron chi connectivity index (χ1n) is 8.29. The smallest absolute Gasteiger partial charge is 0.0552 e. The number of para-hydroxylation sites is 2. The van der Waals surface area contributed by atoms with Crippen LogP contribution < -0.4 is 10.2 Å². The van der Waals surface area contributed by atoms with Gasteiger partial charge in [-0.15, -0.1) is 0 Å². The van der Waals surface area contributed by atoms with Gasteiger partial charge in [-0.3, -0.25) is 0 Å². The van der Waals surface area contributed by atoms with Crippen molar-refractivity contribution >= 4 is 23.1 Å². The molecule has 1 fully saturated rings. The molecule has 114 valence electrons. The Kier molecular flexibility index (Phi) is 4.09. The first kappa shape index (κ1) is 14.2. The van der Waals surface area contributed by atoms with Crippen molar-refractivity contribution in [2.75, 3.05) is 18.0 Å². The van der Waals surface area contributed by atoms with Crippen LogP contribution in [0.3, 0.4) is 0 Å². The molecule has 22 heavy (non-hydrogen) atoms. The third kappa shape index (κ3) is 2.75. The Morgan fingerprint density at radius 2 is 1.64 bits per heavy atom. The predicted octanol–water partition coefficient (Wildman–Crippen LogP) is 4.82. The molecule has 1 unspecified atom stereocenters. The van der Waals surface area contributed by atoms with E-state index in [-0.39, 0.29) is 0 Å². The van der Waals surface area contributed by atoms with Crippen LogP contribution in [0.4, 0.5) is 11.4 Å². The van der Waals surface area contributed by atoms with Crippen LogP contribution in [0.5, 0.6) is 0 Å². The zero-order valence-corrected chi connectivity index (χ0v) is 13.6. The Morgan fingerprint density at radius 1 is 0.955 bits per heavy atom. The van der Waals surface area contributed by atoms with Gasteiger partial charge in [0.2, 0.25) is 0 Å². The summed E-state index contributed by atoms with van der Waals surface area (Å²) >= 11 is 1.89. The van der Waals surface area contributed by atoms with Crippen molar-refractivity contribution in [2.24, 2.45) is 0 Å². The first-order chi connectivity index (χ1) is 10.9. The molecule has 2 aliphatic heterocycles. The molecule has 0 aromatic heterocycles. The van der Waals surface area contributed by atoms with E-state index in [0.717, 1.165) is 6.54 Å². The molecule has 2 nitrogen and oxygen atoms in total. The van der Waals surface area contributed by atoms with E-state index in [9.17, 15) is 0 Å². The summed E-state index contributed by atoms with van der Waals surface area (Å²) in [6.45, 7) is 2.28. The third-order valence-corrected chi connectivity index (χ3v) is 5.78. The molecule has 1 N–H and O–H groups in total. The molecule has 2 heterocycles. The van der Waals surface area contributed by atoms with Crippen molar-refractivity contribution in [3.05, 3.63) is 48.5 Å². The van der Waals surface area contributed by atoms with E-state index in [1.807, 2.05) is 11.8 Å². The summed E-state index contributed by atoms with van der Waals surface area (Å²) in [5, 5.41) is 3.67. The van der Waals surface area contributed by atoms with Crippen LogP contribution >= 0.6 is 11.8 Å². The summed E-state index contributed by atoms with van der Waals surface area (Å²) < 4.78 is 0. The highest BCUT2D eigenvalue weighted by Gasteiger charge is 2.23. The highest BCUT2D eigenvalue weighted by atomic mass is 32.2. The number of nitrogens with zero attached hydrogens (tertiary/aromatic N) is 1. The Labute approximate surface area is 136 Å². The number of rotatable bonds is 3. The van der Waals surface area contributed by atoms with Crippen molar-refractivity contribution in [1.82, 2.24) is 5.32 Å². The van der Waals surface area contributed by atoms with Gasteiger partial charge >= 0.3 is 0 Å². The number of hydrogen-bond acceptors (Lipinski definition) is 3. The van der Waals surface area contributed by atoms with Gasteiger partial charge in [0.15, 0.2) is 0 Å². The van der Waals surface area contributed by atoms with Gasteiger partial charge < -0.3 is 10.2 Å². The molecule has 0 bridgehead atoms. The van der Waals surface area contributed by atoms with Crippen LogP contribution in [0, 0.1) is 0 Å². The van der Waals surface area contributed by atoms with E-state index in [0.29, 0.717) is 6.04 Å². The van der Waals surface area contributed by atoms with Gasteiger partial charge in [-0.1, -0.05) is 42.4 Å². The van der Waals surface area contributed by atoms with Crippen molar-refractivity contribution in [3.63, 3.8) is 0 Å². The van der Waals surface area contributed by atoms with Gasteiger partial charge in [-0.25, -0.2) is 0 Å². The van der Waals surface area contributed by atoms with Gasteiger partial charge in [0.1, 0.15) is 0 Å². The quantitative estimate of drug-likeness (QED) is 0.875. The summed E-state index contributed by atoms with van der Waals surface area (Å²) in [7, 11) is 0. The summed E-state index contributed by atoms with van der Waals surface area (Å²) in [5.74, 6) is 0. The van der Waals surface area contributed by atoms with E-state index in [2.05, 4.69) is 58.7 Å². The molecule has 3 heteroatoms. The van der Waals surface area contributed by atoms with E-state index >= 15 is 0 Å². The number of benzene rings is 2. The third-order valence-electron chi connectivity index (χ3n) is 4.65. The van der Waals surface area contributed by atoms with E-state index < -0.39 is 0 Å². The molecule has 1 saturated heterocycles. The van der Waals surface area contributed by atoms with Crippen LogP contribution in [0.2, 0.25) is 0 Å². The van der Waals surface area contributed by atoms with Gasteiger partial charge in [0.05, 0.1) is 11.4 Å². The average molecular weight is 310 g/mol. The number of hydrogen-bond donors (Lipinski definition) is 1. The van der Waals surface area contributed by atoms with Gasteiger partial charge in [-0.05, 0) is 50.1 Å². The van der Waals surface area contributed by atoms with Crippen molar-refractivity contribution in [1.29, 1.82) is 0 Å². The molecular formula is C19H22N2S. The lowest BCUT2D eigenvalue weighted by atomic mass is 10.0. The van der Waals surface area contributed by atoms with Crippen molar-refractivity contribution in [2.45, 2.75) is 41.5 Å². The fraction of sp³-hybridized carbons (Fsp3) is 0.368. The summed E-state index contributed by atoms with van der Waals surface area (Å²) in [4.78, 5) is 5.26. The minimum atomic E-state index is 0.683. The van der Waals surface area contributed by atoms with Gasteiger partial charge in [0, 0.05) is 22.4 Å². The Bertz CT molecular complexity index is 604. The van der Waals surface area contributed by atoms with Crippen LogP contribution in [0.1, 0.15) is 25.7 Å². The normalized spacial score (nSPS) is 20.4.